The second-order valence-electron chi connectivity index (χ2n) is 3.34. The molecular weight excluding hydrogens is 231 g/mol. The van der Waals surface area contributed by atoms with E-state index >= 15 is 0 Å². The van der Waals surface area contributed by atoms with Crippen LogP contribution in [0.5, 0.6) is 0 Å². The fourth-order valence-corrected chi connectivity index (χ4v) is 1.48. The van der Waals surface area contributed by atoms with Crippen LogP contribution in [0.1, 0.15) is 5.69 Å². The first kappa shape index (κ1) is 10.9. The Kier molecular flexibility index (Phi) is 3.05. The number of nitrogens with zero attached hydrogens (tertiary/aromatic N) is 3. The largest absolute Gasteiger partial charge is 0.377 e. The monoisotopic (exact) mass is 240 g/mol. The highest BCUT2D eigenvalue weighted by molar-refractivity contribution is 6.31. The highest BCUT2D eigenvalue weighted by atomic mass is 35.5. The summed E-state index contributed by atoms with van der Waals surface area (Å²) in [6.07, 6.45) is 1.76. The van der Waals surface area contributed by atoms with Gasteiger partial charge in [-0.25, -0.2) is 4.39 Å². The summed E-state index contributed by atoms with van der Waals surface area (Å²) in [7, 11) is 1.77. The van der Waals surface area contributed by atoms with Crippen LogP contribution in [0.25, 0.3) is 0 Å². The Morgan fingerprint density at radius 1 is 1.50 bits per heavy atom. The van der Waals surface area contributed by atoms with E-state index in [4.69, 9.17) is 11.6 Å². The fourth-order valence-electron chi connectivity index (χ4n) is 1.30. The predicted octanol–water partition coefficient (Wildman–Crippen LogP) is 2.22. The van der Waals surface area contributed by atoms with Crippen LogP contribution < -0.4 is 5.32 Å². The summed E-state index contributed by atoms with van der Waals surface area (Å²) in [5.74, 6) is -0.451. The molecule has 6 heteroatoms. The summed E-state index contributed by atoms with van der Waals surface area (Å²) >= 11 is 5.65. The lowest BCUT2D eigenvalue weighted by atomic mass is 10.3. The molecule has 0 fully saturated rings. The lowest BCUT2D eigenvalue weighted by Crippen LogP contribution is -2.02. The van der Waals surface area contributed by atoms with E-state index in [0.717, 1.165) is 5.69 Å². The van der Waals surface area contributed by atoms with Crippen molar-refractivity contribution in [2.24, 2.45) is 7.05 Å². The molecule has 0 atom stereocenters. The first-order chi connectivity index (χ1) is 7.66. The van der Waals surface area contributed by atoms with Gasteiger partial charge in [-0.3, -0.25) is 4.68 Å². The molecule has 1 aromatic heterocycles. The Balaban J connectivity index is 2.07. The Morgan fingerprint density at radius 2 is 2.31 bits per heavy atom. The van der Waals surface area contributed by atoms with Crippen LogP contribution in [0.4, 0.5) is 10.1 Å². The highest BCUT2D eigenvalue weighted by Crippen LogP contribution is 2.22. The summed E-state index contributed by atoms with van der Waals surface area (Å²) in [6, 6.07) is 4.81. The maximum Gasteiger partial charge on any atom is 0.164 e. The van der Waals surface area contributed by atoms with E-state index in [-0.39, 0.29) is 5.02 Å². The molecule has 0 bridgehead atoms. The minimum Gasteiger partial charge on any atom is -0.377 e. The van der Waals surface area contributed by atoms with Crippen molar-refractivity contribution in [1.29, 1.82) is 0 Å². The van der Waals surface area contributed by atoms with E-state index in [0.29, 0.717) is 12.2 Å². The van der Waals surface area contributed by atoms with Crippen molar-refractivity contribution in [3.05, 3.63) is 40.9 Å². The van der Waals surface area contributed by atoms with Gasteiger partial charge < -0.3 is 5.32 Å². The van der Waals surface area contributed by atoms with Gasteiger partial charge in [0.05, 0.1) is 17.3 Å². The number of aryl methyl sites for hydroxylation is 1. The molecule has 0 radical (unpaired) electrons. The van der Waals surface area contributed by atoms with Gasteiger partial charge in [-0.05, 0) is 12.1 Å². The van der Waals surface area contributed by atoms with Crippen molar-refractivity contribution in [3.63, 3.8) is 0 Å². The average Bonchev–Trinajstić information content (AvgIpc) is 2.67. The maximum atomic E-state index is 13.5. The summed E-state index contributed by atoms with van der Waals surface area (Å²) in [5.41, 5.74) is 1.10. The number of hydrogen-bond acceptors (Lipinski definition) is 3. The molecule has 2 aromatic rings. The minimum atomic E-state index is -0.451. The van der Waals surface area contributed by atoms with E-state index in [9.17, 15) is 4.39 Å². The van der Waals surface area contributed by atoms with Crippen LogP contribution in [-0.4, -0.2) is 15.0 Å². The molecule has 1 heterocycles. The van der Waals surface area contributed by atoms with Gasteiger partial charge >= 0.3 is 0 Å². The third-order valence-electron chi connectivity index (χ3n) is 2.06. The Bertz CT molecular complexity index is 497. The first-order valence-corrected chi connectivity index (χ1v) is 5.07. The fraction of sp³-hybridized carbons (Fsp3) is 0.200. The Morgan fingerprint density at radius 3 is 3.00 bits per heavy atom. The highest BCUT2D eigenvalue weighted by Gasteiger charge is 2.06. The molecule has 2 rings (SSSR count). The second kappa shape index (κ2) is 4.49. The maximum absolute atomic E-state index is 13.5. The van der Waals surface area contributed by atoms with Crippen molar-refractivity contribution < 1.29 is 4.39 Å². The number of benzene rings is 1. The zero-order chi connectivity index (χ0) is 11.5. The molecule has 0 aliphatic heterocycles. The normalized spacial score (nSPS) is 10.4. The predicted molar refractivity (Wildman–Crippen MR) is 59.7 cm³/mol. The lowest BCUT2D eigenvalue weighted by molar-refractivity contribution is 0.630. The van der Waals surface area contributed by atoms with Crippen LogP contribution in [0.15, 0.2) is 24.4 Å². The minimum absolute atomic E-state index is 0.101. The number of halogens is 2. The molecular formula is C10H10ClFN4. The van der Waals surface area contributed by atoms with Crippen LogP contribution in [0.3, 0.4) is 0 Å². The Hall–Kier alpha value is -1.62. The second-order valence-corrected chi connectivity index (χ2v) is 3.75. The summed E-state index contributed by atoms with van der Waals surface area (Å²) < 4.78 is 15.1. The van der Waals surface area contributed by atoms with Crippen molar-refractivity contribution in [2.45, 2.75) is 6.54 Å². The van der Waals surface area contributed by atoms with Crippen LogP contribution >= 0.6 is 11.6 Å². The average molecular weight is 241 g/mol. The standard InChI is InChI=1S/C10H10ClFN4/c1-16-6-7(14-15-16)5-13-9-4-2-3-8(11)10(9)12/h2-4,6,13H,5H2,1H3. The molecule has 16 heavy (non-hydrogen) atoms. The molecule has 1 aromatic carbocycles. The molecule has 84 valence electrons. The molecule has 0 amide bonds. The van der Waals surface area contributed by atoms with Crippen molar-refractivity contribution in [2.75, 3.05) is 5.32 Å². The quantitative estimate of drug-likeness (QED) is 0.895. The van der Waals surface area contributed by atoms with Crippen molar-refractivity contribution >= 4 is 17.3 Å². The third kappa shape index (κ3) is 2.30. The molecule has 0 aliphatic rings. The van der Waals surface area contributed by atoms with E-state index in [1.165, 1.54) is 6.07 Å². The number of rotatable bonds is 3. The van der Waals surface area contributed by atoms with Crippen molar-refractivity contribution in [3.8, 4) is 0 Å². The van der Waals surface area contributed by atoms with Gasteiger partial charge in [0, 0.05) is 13.2 Å². The zero-order valence-corrected chi connectivity index (χ0v) is 9.37. The molecule has 0 saturated carbocycles. The van der Waals surface area contributed by atoms with E-state index in [1.807, 2.05) is 0 Å². The number of aromatic nitrogens is 3. The molecule has 1 N–H and O–H groups in total. The van der Waals surface area contributed by atoms with E-state index in [1.54, 1.807) is 30.1 Å². The topological polar surface area (TPSA) is 42.7 Å². The first-order valence-electron chi connectivity index (χ1n) is 4.70. The molecule has 4 nitrogen and oxygen atoms in total. The number of nitrogens with one attached hydrogen (secondary N) is 1. The molecule has 0 spiro atoms. The van der Waals surface area contributed by atoms with Gasteiger partial charge in [0.1, 0.15) is 5.69 Å². The van der Waals surface area contributed by atoms with Crippen LogP contribution in [-0.2, 0) is 13.6 Å². The van der Waals surface area contributed by atoms with Crippen molar-refractivity contribution in [1.82, 2.24) is 15.0 Å². The van der Waals surface area contributed by atoms with Gasteiger partial charge in [-0.1, -0.05) is 22.9 Å². The third-order valence-corrected chi connectivity index (χ3v) is 2.35. The SMILES string of the molecule is Cn1cc(CNc2cccc(Cl)c2F)nn1. The molecule has 0 aliphatic carbocycles. The number of anilines is 1. The zero-order valence-electron chi connectivity index (χ0n) is 8.61. The molecule has 0 saturated heterocycles. The summed E-state index contributed by atoms with van der Waals surface area (Å²) in [4.78, 5) is 0. The smallest absolute Gasteiger partial charge is 0.164 e. The Labute approximate surface area is 97.0 Å². The van der Waals surface area contributed by atoms with Gasteiger partial charge in [-0.2, -0.15) is 0 Å². The van der Waals surface area contributed by atoms with Gasteiger partial charge in [0.15, 0.2) is 5.82 Å². The van der Waals surface area contributed by atoms with Crippen LogP contribution in [0.2, 0.25) is 5.02 Å². The summed E-state index contributed by atoms with van der Waals surface area (Å²) in [6.45, 7) is 0.408. The van der Waals surface area contributed by atoms with Gasteiger partial charge in [0.25, 0.3) is 0 Å². The van der Waals surface area contributed by atoms with Gasteiger partial charge in [-0.15, -0.1) is 5.10 Å². The summed E-state index contributed by atoms with van der Waals surface area (Å²) in [5, 5.41) is 10.7. The number of hydrogen-bond donors (Lipinski definition) is 1. The molecule has 0 unspecified atom stereocenters. The van der Waals surface area contributed by atoms with E-state index in [2.05, 4.69) is 15.6 Å². The van der Waals surface area contributed by atoms with Crippen LogP contribution in [0, 0.1) is 5.82 Å². The van der Waals surface area contributed by atoms with E-state index < -0.39 is 5.82 Å². The van der Waals surface area contributed by atoms with Gasteiger partial charge in [0.2, 0.25) is 0 Å². The lowest BCUT2D eigenvalue weighted by Gasteiger charge is -2.05.